The Balaban J connectivity index is 2.38. The zero-order valence-electron chi connectivity index (χ0n) is 8.64. The van der Waals surface area contributed by atoms with Gasteiger partial charge in [0.05, 0.1) is 10.7 Å². The molecule has 0 aliphatic heterocycles. The molecule has 0 saturated carbocycles. The Hall–Kier alpha value is -1.81. The van der Waals surface area contributed by atoms with E-state index in [9.17, 15) is 4.79 Å². The highest BCUT2D eigenvalue weighted by atomic mass is 35.5. The number of aromatic nitrogens is 2. The van der Waals surface area contributed by atoms with E-state index >= 15 is 0 Å². The SMILES string of the molecule is Cn1ccc(C(=O)c2ccc(N)c(Cl)c2)n1. The third kappa shape index (κ3) is 1.92. The third-order valence-corrected chi connectivity index (χ3v) is 2.54. The van der Waals surface area contributed by atoms with Crippen molar-refractivity contribution < 1.29 is 4.79 Å². The Bertz CT molecular complexity index is 548. The number of hydrogen-bond donors (Lipinski definition) is 1. The lowest BCUT2D eigenvalue weighted by molar-refractivity contribution is 0.103. The number of ketones is 1. The van der Waals surface area contributed by atoms with Gasteiger partial charge in [0.15, 0.2) is 0 Å². The zero-order valence-corrected chi connectivity index (χ0v) is 9.40. The Morgan fingerprint density at radius 3 is 2.75 bits per heavy atom. The van der Waals surface area contributed by atoms with Gasteiger partial charge in [-0.3, -0.25) is 9.48 Å². The van der Waals surface area contributed by atoms with E-state index in [4.69, 9.17) is 17.3 Å². The molecule has 1 aromatic carbocycles. The molecule has 0 atom stereocenters. The average molecular weight is 236 g/mol. The van der Waals surface area contributed by atoms with E-state index in [0.717, 1.165) is 0 Å². The van der Waals surface area contributed by atoms with Gasteiger partial charge in [0.1, 0.15) is 5.69 Å². The molecule has 0 spiro atoms. The van der Waals surface area contributed by atoms with Gasteiger partial charge in [-0.2, -0.15) is 5.10 Å². The summed E-state index contributed by atoms with van der Waals surface area (Å²) >= 11 is 5.85. The number of benzene rings is 1. The number of aryl methyl sites for hydroxylation is 1. The molecule has 0 amide bonds. The fourth-order valence-corrected chi connectivity index (χ4v) is 1.53. The lowest BCUT2D eigenvalue weighted by Crippen LogP contribution is -2.03. The second kappa shape index (κ2) is 3.98. The normalized spacial score (nSPS) is 10.4. The van der Waals surface area contributed by atoms with E-state index in [2.05, 4.69) is 5.10 Å². The van der Waals surface area contributed by atoms with Crippen LogP contribution in [0, 0.1) is 0 Å². The molecule has 0 radical (unpaired) electrons. The number of carbonyl (C=O) groups is 1. The average Bonchev–Trinajstić information content (AvgIpc) is 2.68. The van der Waals surface area contributed by atoms with Crippen LogP contribution in [0.2, 0.25) is 5.02 Å². The standard InChI is InChI=1S/C11H10ClN3O/c1-15-5-4-10(14-15)11(16)7-2-3-9(13)8(12)6-7/h2-6H,13H2,1H3. The van der Waals surface area contributed by atoms with Gasteiger partial charge in [0.25, 0.3) is 0 Å². The maximum absolute atomic E-state index is 11.9. The van der Waals surface area contributed by atoms with Crippen LogP contribution in [0.5, 0.6) is 0 Å². The summed E-state index contributed by atoms with van der Waals surface area (Å²) in [5.41, 5.74) is 6.90. The van der Waals surface area contributed by atoms with E-state index in [0.29, 0.717) is 22.0 Å². The largest absolute Gasteiger partial charge is 0.398 e. The van der Waals surface area contributed by atoms with Gasteiger partial charge in [0, 0.05) is 18.8 Å². The minimum Gasteiger partial charge on any atom is -0.398 e. The second-order valence-corrected chi connectivity index (χ2v) is 3.85. The second-order valence-electron chi connectivity index (χ2n) is 3.44. The topological polar surface area (TPSA) is 60.9 Å². The lowest BCUT2D eigenvalue weighted by atomic mass is 10.1. The predicted octanol–water partition coefficient (Wildman–Crippen LogP) is 1.89. The van der Waals surface area contributed by atoms with Crippen LogP contribution in [0.4, 0.5) is 5.69 Å². The molecule has 4 nitrogen and oxygen atoms in total. The molecular formula is C11H10ClN3O. The van der Waals surface area contributed by atoms with Crippen LogP contribution in [0.3, 0.4) is 0 Å². The fourth-order valence-electron chi connectivity index (χ4n) is 1.35. The van der Waals surface area contributed by atoms with Gasteiger partial charge in [0.2, 0.25) is 5.78 Å². The highest BCUT2D eigenvalue weighted by Crippen LogP contribution is 2.21. The molecule has 0 fully saturated rings. The van der Waals surface area contributed by atoms with Crippen molar-refractivity contribution in [3.05, 3.63) is 46.7 Å². The van der Waals surface area contributed by atoms with Crippen LogP contribution in [-0.2, 0) is 7.05 Å². The van der Waals surface area contributed by atoms with Crippen molar-refractivity contribution in [3.8, 4) is 0 Å². The van der Waals surface area contributed by atoms with Gasteiger partial charge in [-0.05, 0) is 24.3 Å². The quantitative estimate of drug-likeness (QED) is 0.639. The highest BCUT2D eigenvalue weighted by molar-refractivity contribution is 6.33. The smallest absolute Gasteiger partial charge is 0.213 e. The van der Waals surface area contributed by atoms with Crippen molar-refractivity contribution in [1.29, 1.82) is 0 Å². The van der Waals surface area contributed by atoms with Crippen LogP contribution in [-0.4, -0.2) is 15.6 Å². The summed E-state index contributed by atoms with van der Waals surface area (Å²) in [5, 5.41) is 4.41. The Labute approximate surface area is 97.6 Å². The molecule has 5 heteroatoms. The molecule has 2 N–H and O–H groups in total. The summed E-state index contributed by atoms with van der Waals surface area (Å²) in [6.07, 6.45) is 1.71. The first kappa shape index (κ1) is 10.7. The number of nitrogens with zero attached hydrogens (tertiary/aromatic N) is 2. The number of nitrogen functional groups attached to an aromatic ring is 1. The van der Waals surface area contributed by atoms with Crippen molar-refractivity contribution in [2.45, 2.75) is 0 Å². The van der Waals surface area contributed by atoms with E-state index < -0.39 is 0 Å². The minimum absolute atomic E-state index is 0.164. The molecule has 1 heterocycles. The van der Waals surface area contributed by atoms with Crippen LogP contribution in [0.15, 0.2) is 30.5 Å². The highest BCUT2D eigenvalue weighted by Gasteiger charge is 2.12. The molecule has 0 aliphatic rings. The van der Waals surface area contributed by atoms with Gasteiger partial charge in [-0.25, -0.2) is 0 Å². The van der Waals surface area contributed by atoms with E-state index in [1.807, 2.05) is 0 Å². The van der Waals surface area contributed by atoms with Crippen molar-refractivity contribution in [3.63, 3.8) is 0 Å². The van der Waals surface area contributed by atoms with Gasteiger partial charge in [-0.15, -0.1) is 0 Å². The number of rotatable bonds is 2. The predicted molar refractivity (Wildman–Crippen MR) is 62.5 cm³/mol. The van der Waals surface area contributed by atoms with E-state index in [-0.39, 0.29) is 5.78 Å². The maximum Gasteiger partial charge on any atom is 0.213 e. The molecule has 2 rings (SSSR count). The van der Waals surface area contributed by atoms with Crippen LogP contribution in [0.1, 0.15) is 16.1 Å². The number of carbonyl (C=O) groups excluding carboxylic acids is 1. The Kier molecular flexibility index (Phi) is 2.66. The van der Waals surface area contributed by atoms with Gasteiger partial charge >= 0.3 is 0 Å². The summed E-state index contributed by atoms with van der Waals surface area (Å²) in [7, 11) is 1.76. The molecule has 16 heavy (non-hydrogen) atoms. The van der Waals surface area contributed by atoms with Crippen LogP contribution in [0.25, 0.3) is 0 Å². The molecule has 2 aromatic rings. The molecule has 0 aliphatic carbocycles. The Morgan fingerprint density at radius 1 is 1.44 bits per heavy atom. The van der Waals surface area contributed by atoms with Gasteiger partial charge in [-0.1, -0.05) is 11.6 Å². The zero-order chi connectivity index (χ0) is 11.7. The fraction of sp³-hybridized carbons (Fsp3) is 0.0909. The molecule has 0 saturated heterocycles. The maximum atomic E-state index is 11.9. The lowest BCUT2D eigenvalue weighted by Gasteiger charge is -2.01. The van der Waals surface area contributed by atoms with Crippen molar-refractivity contribution in [2.75, 3.05) is 5.73 Å². The first-order chi connectivity index (χ1) is 7.58. The van der Waals surface area contributed by atoms with Gasteiger partial charge < -0.3 is 5.73 Å². The third-order valence-electron chi connectivity index (χ3n) is 2.21. The summed E-state index contributed by atoms with van der Waals surface area (Å²) < 4.78 is 1.58. The summed E-state index contributed by atoms with van der Waals surface area (Å²) in [6, 6.07) is 6.46. The van der Waals surface area contributed by atoms with Crippen molar-refractivity contribution in [2.24, 2.45) is 7.05 Å². The van der Waals surface area contributed by atoms with E-state index in [1.54, 1.807) is 42.2 Å². The molecular weight excluding hydrogens is 226 g/mol. The number of anilines is 1. The minimum atomic E-state index is -0.164. The first-order valence-electron chi connectivity index (χ1n) is 4.67. The summed E-state index contributed by atoms with van der Waals surface area (Å²) in [6.45, 7) is 0. The molecule has 0 bridgehead atoms. The number of nitrogens with two attached hydrogens (primary N) is 1. The van der Waals surface area contributed by atoms with Crippen molar-refractivity contribution in [1.82, 2.24) is 9.78 Å². The monoisotopic (exact) mass is 235 g/mol. The number of hydrogen-bond acceptors (Lipinski definition) is 3. The van der Waals surface area contributed by atoms with Crippen molar-refractivity contribution >= 4 is 23.1 Å². The molecule has 1 aromatic heterocycles. The molecule has 0 unspecified atom stereocenters. The summed E-state index contributed by atoms with van der Waals surface area (Å²) in [4.78, 5) is 11.9. The number of halogens is 1. The van der Waals surface area contributed by atoms with E-state index in [1.165, 1.54) is 0 Å². The first-order valence-corrected chi connectivity index (χ1v) is 5.05. The van der Waals surface area contributed by atoms with Crippen LogP contribution >= 0.6 is 11.6 Å². The Morgan fingerprint density at radius 2 is 2.19 bits per heavy atom. The van der Waals surface area contributed by atoms with Crippen LogP contribution < -0.4 is 5.73 Å². The molecule has 82 valence electrons. The summed E-state index contributed by atoms with van der Waals surface area (Å²) in [5.74, 6) is -0.164.